The van der Waals surface area contributed by atoms with E-state index in [1.54, 1.807) is 20.8 Å². The molecule has 0 bridgehead atoms. The molecule has 0 saturated carbocycles. The van der Waals surface area contributed by atoms with Crippen LogP contribution in [0.1, 0.15) is 52.5 Å². The Morgan fingerprint density at radius 3 is 2.03 bits per heavy atom. The summed E-state index contributed by atoms with van der Waals surface area (Å²) in [7, 11) is 4.26. The monoisotopic (exact) mass is 559 g/mol. The van der Waals surface area contributed by atoms with Gasteiger partial charge in [0, 0.05) is 11.2 Å². The molecule has 0 saturated heterocycles. The van der Waals surface area contributed by atoms with Crippen LogP contribution in [0.15, 0.2) is 36.4 Å². The van der Waals surface area contributed by atoms with Crippen LogP contribution in [0.2, 0.25) is 0 Å². The molecule has 0 fully saturated rings. The van der Waals surface area contributed by atoms with Gasteiger partial charge >= 0.3 is 0 Å². The molecule has 0 radical (unpaired) electrons. The zero-order valence-electron chi connectivity index (χ0n) is 22.3. The third kappa shape index (κ3) is 6.20. The Hall–Kier alpha value is -4.39. The predicted molar refractivity (Wildman–Crippen MR) is 145 cm³/mol. The molecule has 3 amide bonds. The summed E-state index contributed by atoms with van der Waals surface area (Å²) < 4.78 is 34.2. The number of nitrogen functional groups attached to an aromatic ring is 1. The Morgan fingerprint density at radius 1 is 1.03 bits per heavy atom. The maximum absolute atomic E-state index is 14.1. The molecule has 0 aliphatic rings. The first-order valence-electron chi connectivity index (χ1n) is 11.6. The fraction of sp³-hybridized carbons (Fsp3) is 0.308. The Kier molecular flexibility index (Phi) is 8.64. The van der Waals surface area contributed by atoms with Crippen LogP contribution in [0, 0.1) is 5.82 Å². The van der Waals surface area contributed by atoms with Crippen molar-refractivity contribution in [3.05, 3.63) is 58.3 Å². The summed E-state index contributed by atoms with van der Waals surface area (Å²) >= 11 is 0.655. The van der Waals surface area contributed by atoms with Crippen molar-refractivity contribution in [3.8, 4) is 17.2 Å². The summed E-state index contributed by atoms with van der Waals surface area (Å²) in [6.07, 6.45) is 0. The van der Waals surface area contributed by atoms with Gasteiger partial charge in [0.05, 0.1) is 27.0 Å². The number of benzene rings is 2. The molecule has 0 spiro atoms. The van der Waals surface area contributed by atoms with Crippen molar-refractivity contribution in [2.75, 3.05) is 32.0 Å². The lowest BCUT2D eigenvalue weighted by molar-refractivity contribution is -0.123. The summed E-state index contributed by atoms with van der Waals surface area (Å²) in [4.78, 5) is 40.8. The number of rotatable bonds is 9. The number of hydrogen-bond acceptors (Lipinski definition) is 9. The average molecular weight is 560 g/mol. The third-order valence-corrected chi connectivity index (χ3v) is 6.34. The Balaban J connectivity index is 2.34. The first-order valence-corrected chi connectivity index (χ1v) is 12.4. The molecule has 1 unspecified atom stereocenters. The summed E-state index contributed by atoms with van der Waals surface area (Å²) in [5.41, 5.74) is 10.7. The molecule has 1 atom stereocenters. The molecule has 2 aromatic carbocycles. The van der Waals surface area contributed by atoms with E-state index in [0.29, 0.717) is 11.5 Å². The van der Waals surface area contributed by atoms with Gasteiger partial charge < -0.3 is 31.0 Å². The highest BCUT2D eigenvalue weighted by Crippen LogP contribution is 2.42. The van der Waals surface area contributed by atoms with Crippen LogP contribution in [0.3, 0.4) is 0 Å². The summed E-state index contributed by atoms with van der Waals surface area (Å²) in [5, 5.41) is 2.89. The second-order valence-electron chi connectivity index (χ2n) is 9.39. The largest absolute Gasteiger partial charge is 0.493 e. The van der Waals surface area contributed by atoms with Gasteiger partial charge in [-0.25, -0.2) is 4.39 Å². The van der Waals surface area contributed by atoms with Crippen molar-refractivity contribution < 1.29 is 33.0 Å². The Labute approximate surface area is 229 Å². The van der Waals surface area contributed by atoms with Gasteiger partial charge in [-0.2, -0.15) is 4.37 Å². The van der Waals surface area contributed by atoms with E-state index < -0.39 is 35.1 Å². The molecule has 5 N–H and O–H groups in total. The lowest BCUT2D eigenvalue weighted by Gasteiger charge is -2.34. The van der Waals surface area contributed by atoms with E-state index in [1.165, 1.54) is 45.6 Å². The number of carbonyl (C=O) groups excluding carboxylic acids is 3. The van der Waals surface area contributed by atoms with Gasteiger partial charge in [-0.1, -0.05) is 0 Å². The van der Waals surface area contributed by atoms with Gasteiger partial charge in [-0.05, 0) is 74.3 Å². The van der Waals surface area contributed by atoms with E-state index in [1.807, 2.05) is 0 Å². The first kappa shape index (κ1) is 29.2. The lowest BCUT2D eigenvalue weighted by Crippen LogP contribution is -2.49. The van der Waals surface area contributed by atoms with Crippen molar-refractivity contribution in [1.29, 1.82) is 0 Å². The molecule has 3 aromatic rings. The molecule has 13 heteroatoms. The van der Waals surface area contributed by atoms with Crippen molar-refractivity contribution in [2.45, 2.75) is 32.4 Å². The van der Waals surface area contributed by atoms with Crippen molar-refractivity contribution in [1.82, 2.24) is 9.69 Å². The van der Waals surface area contributed by atoms with Crippen LogP contribution >= 0.6 is 11.5 Å². The highest BCUT2D eigenvalue weighted by atomic mass is 32.1. The smallest absolute Gasteiger partial charge is 0.273 e. The molecule has 1 aromatic heterocycles. The number of aromatic nitrogens is 1. The molecule has 0 aliphatic carbocycles. The lowest BCUT2D eigenvalue weighted by atomic mass is 9.99. The number of hydrogen-bond donors (Lipinski definition) is 3. The van der Waals surface area contributed by atoms with Crippen LogP contribution < -0.4 is 35.9 Å². The second-order valence-corrected chi connectivity index (χ2v) is 10.2. The van der Waals surface area contributed by atoms with Crippen molar-refractivity contribution >= 4 is 40.6 Å². The number of nitrogens with two attached hydrogens (primary N) is 2. The number of nitrogens with one attached hydrogen (secondary N) is 1. The Bertz CT molecular complexity index is 1360. The number of halogens is 1. The fourth-order valence-corrected chi connectivity index (χ4v) is 4.58. The zero-order valence-corrected chi connectivity index (χ0v) is 23.1. The molecular weight excluding hydrogens is 529 g/mol. The average Bonchev–Trinajstić information content (AvgIpc) is 3.27. The minimum absolute atomic E-state index is 0.130. The van der Waals surface area contributed by atoms with Crippen LogP contribution in [0.25, 0.3) is 0 Å². The molecule has 3 rings (SSSR count). The van der Waals surface area contributed by atoms with E-state index >= 15 is 0 Å². The van der Waals surface area contributed by atoms with Gasteiger partial charge in [0.2, 0.25) is 11.7 Å². The van der Waals surface area contributed by atoms with Crippen molar-refractivity contribution in [3.63, 3.8) is 0 Å². The van der Waals surface area contributed by atoms with Crippen LogP contribution in [0.5, 0.6) is 17.2 Å². The van der Waals surface area contributed by atoms with Crippen molar-refractivity contribution in [2.24, 2.45) is 5.73 Å². The zero-order chi connectivity index (χ0) is 29.1. The number of carbonyl (C=O) groups is 3. The van der Waals surface area contributed by atoms with Gasteiger partial charge in [0.25, 0.3) is 11.8 Å². The minimum Gasteiger partial charge on any atom is -0.493 e. The second kappa shape index (κ2) is 11.6. The number of primary amides is 1. The van der Waals surface area contributed by atoms with E-state index in [0.717, 1.165) is 17.0 Å². The van der Waals surface area contributed by atoms with Crippen LogP contribution in [0.4, 0.5) is 15.8 Å². The number of anilines is 2. The highest BCUT2D eigenvalue weighted by molar-refractivity contribution is 7.09. The number of nitrogens with zero attached hydrogens (tertiary/aromatic N) is 2. The highest BCUT2D eigenvalue weighted by Gasteiger charge is 2.38. The number of methoxy groups -OCH3 is 3. The van der Waals surface area contributed by atoms with Gasteiger partial charge in [-0.3, -0.25) is 19.3 Å². The minimum atomic E-state index is -1.35. The van der Waals surface area contributed by atoms with Crippen LogP contribution in [-0.2, 0) is 4.79 Å². The molecule has 0 aliphatic heterocycles. The van der Waals surface area contributed by atoms with E-state index in [4.69, 9.17) is 25.7 Å². The van der Waals surface area contributed by atoms with Crippen LogP contribution in [-0.4, -0.2) is 49.0 Å². The van der Waals surface area contributed by atoms with E-state index in [2.05, 4.69) is 9.69 Å². The summed E-state index contributed by atoms with van der Waals surface area (Å²) in [5.74, 6) is -2.07. The maximum atomic E-state index is 14.1. The summed E-state index contributed by atoms with van der Waals surface area (Å²) in [6.45, 7) is 5.34. The maximum Gasteiger partial charge on any atom is 0.273 e. The summed E-state index contributed by atoms with van der Waals surface area (Å²) in [6, 6.07) is 6.69. The SMILES string of the molecule is COc1cc(C(C(=O)NC(C)(C)C)N(C(=O)c2snc(C(N)=O)c2N)c2ccc(F)cc2)cc(OC)c1OC. The third-order valence-electron chi connectivity index (χ3n) is 5.49. The molecule has 39 heavy (non-hydrogen) atoms. The normalized spacial score (nSPS) is 11.9. The standard InChI is InChI=1S/C26H30FN5O6S/c1-26(2,3)30-24(34)20(13-11-16(36-4)21(38-6)17(12-13)37-5)32(15-9-7-14(27)8-10-15)25(35)22-18(28)19(23(29)33)31-39-22/h7-12,20H,28H2,1-6H3,(H2,29,33)(H,30,34). The van der Waals surface area contributed by atoms with E-state index in [-0.39, 0.29) is 44.8 Å². The quantitative estimate of drug-likeness (QED) is 0.360. The topological polar surface area (TPSA) is 159 Å². The molecular formula is C26H30FN5O6S. The first-order chi connectivity index (χ1) is 18.3. The number of ether oxygens (including phenoxy) is 3. The fourth-order valence-electron chi connectivity index (χ4n) is 3.84. The van der Waals surface area contributed by atoms with E-state index in [9.17, 15) is 18.8 Å². The van der Waals surface area contributed by atoms with Gasteiger partial charge in [0.15, 0.2) is 17.2 Å². The molecule has 11 nitrogen and oxygen atoms in total. The Morgan fingerprint density at radius 2 is 1.59 bits per heavy atom. The number of amides is 3. The molecule has 208 valence electrons. The van der Waals surface area contributed by atoms with Gasteiger partial charge in [-0.15, -0.1) is 0 Å². The predicted octanol–water partition coefficient (Wildman–Crippen LogP) is 3.29. The molecule has 1 heterocycles. The van der Waals surface area contributed by atoms with Gasteiger partial charge in [0.1, 0.15) is 16.7 Å².